The molecule has 0 fully saturated rings. The van der Waals surface area contributed by atoms with Gasteiger partial charge < -0.3 is 10.5 Å². The van der Waals surface area contributed by atoms with Gasteiger partial charge in [-0.2, -0.15) is 0 Å². The highest BCUT2D eigenvalue weighted by Gasteiger charge is 2.00. The average molecular weight is 233 g/mol. The van der Waals surface area contributed by atoms with E-state index in [2.05, 4.69) is 0 Å². The number of hydrogen-bond donors (Lipinski definition) is 2. The average Bonchev–Trinajstić information content (AvgIpc) is 2.10. The molecule has 0 saturated heterocycles. The topological polar surface area (TPSA) is 59.1 Å². The molecule has 14 heavy (non-hydrogen) atoms. The highest BCUT2D eigenvalue weighted by Crippen LogP contribution is 2.26. The molecule has 0 aliphatic rings. The minimum atomic E-state index is 0.102. The fourth-order valence-electron chi connectivity index (χ4n) is 0.845. The Hall–Kier alpha value is -0.930. The van der Waals surface area contributed by atoms with Gasteiger partial charge in [0.2, 0.25) is 0 Å². The summed E-state index contributed by atoms with van der Waals surface area (Å²) >= 11 is 11.5. The predicted molar refractivity (Wildman–Crippen MR) is 58.5 cm³/mol. The fourth-order valence-corrected chi connectivity index (χ4v) is 1.13. The van der Waals surface area contributed by atoms with Crippen molar-refractivity contribution < 1.29 is 4.74 Å². The van der Waals surface area contributed by atoms with Gasteiger partial charge in [-0.25, -0.2) is 0 Å². The number of benzene rings is 1. The number of halogens is 2. The third-order valence-electron chi connectivity index (χ3n) is 1.53. The van der Waals surface area contributed by atoms with E-state index < -0.39 is 0 Å². The molecule has 0 heterocycles. The first-order valence-electron chi connectivity index (χ1n) is 4.00. The first-order chi connectivity index (χ1) is 6.59. The van der Waals surface area contributed by atoms with Crippen molar-refractivity contribution in [1.82, 2.24) is 0 Å². The summed E-state index contributed by atoms with van der Waals surface area (Å²) in [7, 11) is 0. The highest BCUT2D eigenvalue weighted by atomic mass is 35.5. The molecule has 0 atom stereocenters. The lowest BCUT2D eigenvalue weighted by atomic mass is 10.3. The van der Waals surface area contributed by atoms with Crippen LogP contribution in [0, 0.1) is 5.41 Å². The Labute approximate surface area is 92.3 Å². The Morgan fingerprint density at radius 3 is 2.64 bits per heavy atom. The van der Waals surface area contributed by atoms with Crippen molar-refractivity contribution in [3.8, 4) is 5.75 Å². The van der Waals surface area contributed by atoms with Crippen LogP contribution in [0.3, 0.4) is 0 Å². The van der Waals surface area contributed by atoms with Crippen LogP contribution in [0.2, 0.25) is 10.0 Å². The van der Waals surface area contributed by atoms with Crippen LogP contribution in [0.1, 0.15) is 6.42 Å². The maximum atomic E-state index is 6.99. The van der Waals surface area contributed by atoms with E-state index in [0.29, 0.717) is 28.8 Å². The SMILES string of the molecule is N=C(N)CCOc1ccc(Cl)c(Cl)c1. The highest BCUT2D eigenvalue weighted by molar-refractivity contribution is 6.42. The molecule has 0 amide bonds. The van der Waals surface area contributed by atoms with Crippen LogP contribution in [-0.4, -0.2) is 12.4 Å². The lowest BCUT2D eigenvalue weighted by molar-refractivity contribution is 0.328. The van der Waals surface area contributed by atoms with Crippen LogP contribution in [0.4, 0.5) is 0 Å². The lowest BCUT2D eigenvalue weighted by Gasteiger charge is -2.05. The van der Waals surface area contributed by atoms with E-state index in [1.165, 1.54) is 0 Å². The van der Waals surface area contributed by atoms with Gasteiger partial charge in [0, 0.05) is 12.5 Å². The standard InChI is InChI=1S/C9H10Cl2N2O/c10-7-2-1-6(5-8(7)11)14-4-3-9(12)13/h1-2,5H,3-4H2,(H3,12,13). The Morgan fingerprint density at radius 1 is 1.36 bits per heavy atom. The van der Waals surface area contributed by atoms with Gasteiger partial charge in [-0.15, -0.1) is 0 Å². The second kappa shape index (κ2) is 5.08. The normalized spacial score (nSPS) is 9.86. The maximum absolute atomic E-state index is 6.99. The zero-order chi connectivity index (χ0) is 10.6. The number of nitrogens with two attached hydrogens (primary N) is 1. The van der Waals surface area contributed by atoms with Gasteiger partial charge in [0.15, 0.2) is 0 Å². The smallest absolute Gasteiger partial charge is 0.120 e. The molecule has 0 saturated carbocycles. The molecule has 0 bridgehead atoms. The van der Waals surface area contributed by atoms with Gasteiger partial charge in [-0.3, -0.25) is 5.41 Å². The van der Waals surface area contributed by atoms with Crippen molar-refractivity contribution in [1.29, 1.82) is 5.41 Å². The number of hydrogen-bond acceptors (Lipinski definition) is 2. The Morgan fingerprint density at radius 2 is 2.07 bits per heavy atom. The number of nitrogens with one attached hydrogen (secondary N) is 1. The van der Waals surface area contributed by atoms with E-state index in [1.807, 2.05) is 0 Å². The van der Waals surface area contributed by atoms with Gasteiger partial charge >= 0.3 is 0 Å². The van der Waals surface area contributed by atoms with Gasteiger partial charge in [0.1, 0.15) is 5.75 Å². The summed E-state index contributed by atoms with van der Waals surface area (Å²) in [5, 5.41) is 7.93. The van der Waals surface area contributed by atoms with E-state index in [1.54, 1.807) is 18.2 Å². The minimum Gasteiger partial charge on any atom is -0.493 e. The molecule has 0 aliphatic carbocycles. The zero-order valence-corrected chi connectivity index (χ0v) is 8.90. The summed E-state index contributed by atoms with van der Waals surface area (Å²) in [6.07, 6.45) is 0.403. The van der Waals surface area contributed by atoms with E-state index in [9.17, 15) is 0 Å². The molecular formula is C9H10Cl2N2O. The molecular weight excluding hydrogens is 223 g/mol. The molecule has 0 aromatic heterocycles. The van der Waals surface area contributed by atoms with Crippen LogP contribution in [-0.2, 0) is 0 Å². The van der Waals surface area contributed by atoms with Crippen molar-refractivity contribution in [3.05, 3.63) is 28.2 Å². The molecule has 1 rings (SSSR count). The molecule has 0 unspecified atom stereocenters. The molecule has 5 heteroatoms. The first kappa shape index (κ1) is 11.1. The van der Waals surface area contributed by atoms with E-state index in [4.69, 9.17) is 39.1 Å². The van der Waals surface area contributed by atoms with Gasteiger partial charge in [0.05, 0.1) is 22.5 Å². The van der Waals surface area contributed by atoms with E-state index in [-0.39, 0.29) is 5.84 Å². The Bertz CT molecular complexity index is 342. The summed E-state index contributed by atoms with van der Waals surface area (Å²) in [6, 6.07) is 5.01. The van der Waals surface area contributed by atoms with Crippen LogP contribution in [0.15, 0.2) is 18.2 Å². The molecule has 76 valence electrons. The Kier molecular flexibility index (Phi) is 4.04. The van der Waals surface area contributed by atoms with Crippen LogP contribution >= 0.6 is 23.2 Å². The summed E-state index contributed by atoms with van der Waals surface area (Å²) < 4.78 is 5.29. The lowest BCUT2D eigenvalue weighted by Crippen LogP contribution is -2.13. The molecule has 0 radical (unpaired) electrons. The van der Waals surface area contributed by atoms with Crippen molar-refractivity contribution in [2.24, 2.45) is 5.73 Å². The van der Waals surface area contributed by atoms with Crippen LogP contribution in [0.25, 0.3) is 0 Å². The number of rotatable bonds is 4. The van der Waals surface area contributed by atoms with Crippen molar-refractivity contribution in [3.63, 3.8) is 0 Å². The molecule has 1 aromatic carbocycles. The molecule has 3 N–H and O–H groups in total. The second-order valence-electron chi connectivity index (χ2n) is 2.70. The van der Waals surface area contributed by atoms with E-state index in [0.717, 1.165) is 0 Å². The Balaban J connectivity index is 2.51. The second-order valence-corrected chi connectivity index (χ2v) is 3.51. The first-order valence-corrected chi connectivity index (χ1v) is 4.76. The van der Waals surface area contributed by atoms with Crippen LogP contribution < -0.4 is 10.5 Å². The maximum Gasteiger partial charge on any atom is 0.120 e. The molecule has 0 spiro atoms. The van der Waals surface area contributed by atoms with Crippen molar-refractivity contribution in [2.75, 3.05) is 6.61 Å². The predicted octanol–water partition coefficient (Wildman–Crippen LogP) is 2.70. The van der Waals surface area contributed by atoms with Crippen molar-refractivity contribution >= 4 is 29.0 Å². The van der Waals surface area contributed by atoms with Gasteiger partial charge in [-0.1, -0.05) is 23.2 Å². The largest absolute Gasteiger partial charge is 0.493 e. The molecule has 3 nitrogen and oxygen atoms in total. The third kappa shape index (κ3) is 3.44. The summed E-state index contributed by atoms with van der Waals surface area (Å²) in [4.78, 5) is 0. The van der Waals surface area contributed by atoms with E-state index >= 15 is 0 Å². The van der Waals surface area contributed by atoms with Crippen molar-refractivity contribution in [2.45, 2.75) is 6.42 Å². The molecule has 1 aromatic rings. The minimum absolute atomic E-state index is 0.102. The summed E-state index contributed by atoms with van der Waals surface area (Å²) in [5.41, 5.74) is 5.17. The van der Waals surface area contributed by atoms with Gasteiger partial charge in [0.25, 0.3) is 0 Å². The quantitative estimate of drug-likeness (QED) is 0.620. The van der Waals surface area contributed by atoms with Gasteiger partial charge in [-0.05, 0) is 12.1 Å². The number of ether oxygens (including phenoxy) is 1. The number of amidine groups is 1. The van der Waals surface area contributed by atoms with Crippen LogP contribution in [0.5, 0.6) is 5.75 Å². The monoisotopic (exact) mass is 232 g/mol. The summed E-state index contributed by atoms with van der Waals surface area (Å²) in [6.45, 7) is 0.368. The summed E-state index contributed by atoms with van der Waals surface area (Å²) in [5.74, 6) is 0.728. The molecule has 0 aliphatic heterocycles. The fraction of sp³-hybridized carbons (Fsp3) is 0.222. The third-order valence-corrected chi connectivity index (χ3v) is 2.27. The zero-order valence-electron chi connectivity index (χ0n) is 7.39.